The SMILES string of the molecule is COC(=O)C=C1SCC(=O)N1CCCSc1nnc(C2CC2)n1C1CC1. The second-order valence-electron chi connectivity index (χ2n) is 6.76. The van der Waals surface area contributed by atoms with E-state index in [0.717, 1.165) is 17.3 Å². The number of amides is 1. The van der Waals surface area contributed by atoms with Crippen molar-refractivity contribution < 1.29 is 14.3 Å². The zero-order chi connectivity index (χ0) is 18.1. The highest BCUT2D eigenvalue weighted by atomic mass is 32.2. The smallest absolute Gasteiger partial charge is 0.333 e. The monoisotopic (exact) mass is 394 g/mol. The summed E-state index contributed by atoms with van der Waals surface area (Å²) in [5.74, 6) is 2.66. The Balaban J connectivity index is 1.32. The fourth-order valence-electron chi connectivity index (χ4n) is 3.00. The van der Waals surface area contributed by atoms with Crippen molar-refractivity contribution in [3.05, 3.63) is 16.9 Å². The van der Waals surface area contributed by atoms with E-state index in [9.17, 15) is 9.59 Å². The lowest BCUT2D eigenvalue weighted by molar-refractivity contribution is -0.134. The Kier molecular flexibility index (Phi) is 5.26. The van der Waals surface area contributed by atoms with Gasteiger partial charge in [0.05, 0.1) is 24.0 Å². The molecule has 1 aromatic rings. The van der Waals surface area contributed by atoms with E-state index in [1.807, 2.05) is 0 Å². The van der Waals surface area contributed by atoms with Gasteiger partial charge in [-0.05, 0) is 32.1 Å². The molecule has 0 unspecified atom stereocenters. The molecule has 0 spiro atoms. The van der Waals surface area contributed by atoms with Crippen molar-refractivity contribution in [2.45, 2.75) is 49.2 Å². The molecule has 1 amide bonds. The van der Waals surface area contributed by atoms with E-state index >= 15 is 0 Å². The summed E-state index contributed by atoms with van der Waals surface area (Å²) in [7, 11) is 1.34. The van der Waals surface area contributed by atoms with Gasteiger partial charge < -0.3 is 14.2 Å². The Hall–Kier alpha value is -1.48. The molecule has 1 saturated heterocycles. The standard InChI is InChI=1S/C17H22N4O3S2/c1-24-15(23)9-14-20(13(22)10-26-14)7-2-8-25-17-19-18-16(11-3-4-11)21(17)12-5-6-12/h9,11-12H,2-8,10H2,1H3. The minimum Gasteiger partial charge on any atom is -0.466 e. The maximum Gasteiger partial charge on any atom is 0.333 e. The number of carbonyl (C=O) groups is 2. The van der Waals surface area contributed by atoms with Crippen LogP contribution in [0, 0.1) is 0 Å². The number of carbonyl (C=O) groups excluding carboxylic acids is 2. The minimum atomic E-state index is -0.424. The molecule has 0 N–H and O–H groups in total. The molecule has 2 aliphatic carbocycles. The first-order valence-electron chi connectivity index (χ1n) is 8.97. The van der Waals surface area contributed by atoms with Crippen molar-refractivity contribution in [3.63, 3.8) is 0 Å². The van der Waals surface area contributed by atoms with Gasteiger partial charge in [-0.25, -0.2) is 4.79 Å². The molecule has 9 heteroatoms. The van der Waals surface area contributed by atoms with Crippen molar-refractivity contribution in [1.29, 1.82) is 0 Å². The molecule has 1 aliphatic heterocycles. The lowest BCUT2D eigenvalue weighted by Gasteiger charge is -2.16. The van der Waals surface area contributed by atoms with Crippen LogP contribution >= 0.6 is 23.5 Å². The summed E-state index contributed by atoms with van der Waals surface area (Å²) in [6.07, 6.45) is 7.16. The topological polar surface area (TPSA) is 77.3 Å². The molecule has 1 aromatic heterocycles. The van der Waals surface area contributed by atoms with Gasteiger partial charge in [-0.15, -0.1) is 10.2 Å². The number of aromatic nitrogens is 3. The Morgan fingerprint density at radius 2 is 2.15 bits per heavy atom. The largest absolute Gasteiger partial charge is 0.466 e. The Bertz CT molecular complexity index is 740. The fourth-order valence-corrected chi connectivity index (χ4v) is 4.89. The van der Waals surface area contributed by atoms with Crippen LogP contribution in [0.1, 0.15) is 49.9 Å². The molecular weight excluding hydrogens is 372 g/mol. The fraction of sp³-hybridized carbons (Fsp3) is 0.647. The van der Waals surface area contributed by atoms with Crippen LogP contribution in [-0.2, 0) is 14.3 Å². The van der Waals surface area contributed by atoms with Crippen molar-refractivity contribution in [2.24, 2.45) is 0 Å². The molecule has 2 heterocycles. The maximum atomic E-state index is 12.0. The highest BCUT2D eigenvalue weighted by Gasteiger charge is 2.36. The second-order valence-corrected chi connectivity index (χ2v) is 8.82. The number of hydrogen-bond acceptors (Lipinski definition) is 7. The number of hydrogen-bond donors (Lipinski definition) is 0. The molecule has 0 radical (unpaired) electrons. The van der Waals surface area contributed by atoms with E-state index in [1.165, 1.54) is 56.5 Å². The maximum absolute atomic E-state index is 12.0. The summed E-state index contributed by atoms with van der Waals surface area (Å²) in [6.45, 7) is 0.606. The third-order valence-electron chi connectivity index (χ3n) is 4.66. The van der Waals surface area contributed by atoms with Crippen molar-refractivity contribution in [3.8, 4) is 0 Å². The quantitative estimate of drug-likeness (QED) is 0.290. The molecule has 0 atom stereocenters. The van der Waals surface area contributed by atoms with Crippen LogP contribution in [0.5, 0.6) is 0 Å². The number of nitrogens with zero attached hydrogens (tertiary/aromatic N) is 4. The lowest BCUT2D eigenvalue weighted by atomic mass is 10.4. The highest BCUT2D eigenvalue weighted by Crippen LogP contribution is 2.46. The van der Waals surface area contributed by atoms with E-state index in [4.69, 9.17) is 0 Å². The number of esters is 1. The summed E-state index contributed by atoms with van der Waals surface area (Å²) in [5.41, 5.74) is 0. The normalized spacial score (nSPS) is 21.7. The van der Waals surface area contributed by atoms with E-state index in [1.54, 1.807) is 16.7 Å². The Labute approximate surface area is 160 Å². The first-order chi connectivity index (χ1) is 12.7. The Morgan fingerprint density at radius 3 is 2.85 bits per heavy atom. The first-order valence-corrected chi connectivity index (χ1v) is 10.9. The van der Waals surface area contributed by atoms with Gasteiger partial charge in [0.15, 0.2) is 5.16 Å². The average molecular weight is 395 g/mol. The van der Waals surface area contributed by atoms with Crippen LogP contribution in [0.3, 0.4) is 0 Å². The third-order valence-corrected chi connectivity index (χ3v) is 6.71. The molecular formula is C17H22N4O3S2. The van der Waals surface area contributed by atoms with E-state index < -0.39 is 5.97 Å². The summed E-state index contributed by atoms with van der Waals surface area (Å²) in [4.78, 5) is 25.2. The minimum absolute atomic E-state index is 0.0484. The van der Waals surface area contributed by atoms with Crippen LogP contribution in [0.2, 0.25) is 0 Å². The van der Waals surface area contributed by atoms with Gasteiger partial charge in [0, 0.05) is 24.3 Å². The molecule has 3 aliphatic rings. The zero-order valence-electron chi connectivity index (χ0n) is 14.7. The van der Waals surface area contributed by atoms with Gasteiger partial charge in [-0.3, -0.25) is 4.79 Å². The third kappa shape index (κ3) is 3.93. The predicted molar refractivity (Wildman–Crippen MR) is 99.9 cm³/mol. The zero-order valence-corrected chi connectivity index (χ0v) is 16.4. The van der Waals surface area contributed by atoms with Gasteiger partial charge in [-0.1, -0.05) is 23.5 Å². The van der Waals surface area contributed by atoms with Gasteiger partial charge in [0.1, 0.15) is 5.82 Å². The molecule has 0 aromatic carbocycles. The van der Waals surface area contributed by atoms with E-state index in [0.29, 0.717) is 29.3 Å². The molecule has 26 heavy (non-hydrogen) atoms. The second kappa shape index (κ2) is 7.64. The molecule has 7 nitrogen and oxygen atoms in total. The van der Waals surface area contributed by atoms with Crippen LogP contribution in [0.4, 0.5) is 0 Å². The van der Waals surface area contributed by atoms with Crippen molar-refractivity contribution >= 4 is 35.4 Å². The molecule has 0 bridgehead atoms. The number of thioether (sulfide) groups is 2. The molecule has 140 valence electrons. The summed E-state index contributed by atoms with van der Waals surface area (Å²) >= 11 is 3.11. The summed E-state index contributed by atoms with van der Waals surface area (Å²) in [6, 6.07) is 0.592. The van der Waals surface area contributed by atoms with Crippen molar-refractivity contribution in [2.75, 3.05) is 25.2 Å². The summed E-state index contributed by atoms with van der Waals surface area (Å²) < 4.78 is 7.01. The van der Waals surface area contributed by atoms with Crippen LogP contribution in [0.15, 0.2) is 16.3 Å². The van der Waals surface area contributed by atoms with Gasteiger partial charge in [0.2, 0.25) is 5.91 Å². The van der Waals surface area contributed by atoms with Gasteiger partial charge >= 0.3 is 5.97 Å². The van der Waals surface area contributed by atoms with Gasteiger partial charge in [0.25, 0.3) is 0 Å². The number of ether oxygens (including phenoxy) is 1. The van der Waals surface area contributed by atoms with E-state index in [-0.39, 0.29) is 5.91 Å². The van der Waals surface area contributed by atoms with Crippen LogP contribution < -0.4 is 0 Å². The van der Waals surface area contributed by atoms with Crippen molar-refractivity contribution in [1.82, 2.24) is 19.7 Å². The number of methoxy groups -OCH3 is 1. The average Bonchev–Trinajstić information content (AvgIpc) is 3.57. The van der Waals surface area contributed by atoms with Gasteiger partial charge in [-0.2, -0.15) is 0 Å². The van der Waals surface area contributed by atoms with Crippen LogP contribution in [0.25, 0.3) is 0 Å². The summed E-state index contributed by atoms with van der Waals surface area (Å²) in [5, 5.41) is 10.5. The molecule has 4 rings (SSSR count). The first kappa shape index (κ1) is 17.9. The van der Waals surface area contributed by atoms with Crippen LogP contribution in [-0.4, -0.2) is 56.7 Å². The number of rotatable bonds is 8. The molecule has 3 fully saturated rings. The highest BCUT2D eigenvalue weighted by molar-refractivity contribution is 8.04. The predicted octanol–water partition coefficient (Wildman–Crippen LogP) is 2.56. The molecule has 2 saturated carbocycles. The lowest BCUT2D eigenvalue weighted by Crippen LogP contribution is -2.26. The Morgan fingerprint density at radius 1 is 1.35 bits per heavy atom. The van der Waals surface area contributed by atoms with E-state index in [2.05, 4.69) is 19.5 Å².